The van der Waals surface area contributed by atoms with Gasteiger partial charge in [-0.15, -0.1) is 0 Å². The number of carbonyl (C=O) groups excluding carboxylic acids is 2. The van der Waals surface area contributed by atoms with Gasteiger partial charge in [0, 0.05) is 36.0 Å². The molecule has 34 heavy (non-hydrogen) atoms. The summed E-state index contributed by atoms with van der Waals surface area (Å²) in [5, 5.41) is -0.201. The number of alkyl halides is 3. The Labute approximate surface area is 196 Å². The molecule has 180 valence electrons. The lowest BCUT2D eigenvalue weighted by molar-refractivity contribution is -0.136. The quantitative estimate of drug-likeness (QED) is 0.524. The number of aromatic nitrogens is 2. The van der Waals surface area contributed by atoms with E-state index in [-0.39, 0.29) is 34.6 Å². The molecule has 2 saturated heterocycles. The van der Waals surface area contributed by atoms with Crippen LogP contribution in [0, 0.1) is 0 Å². The van der Waals surface area contributed by atoms with Crippen LogP contribution in [-0.2, 0) is 10.9 Å². The minimum Gasteiger partial charge on any atom is -0.472 e. The molecule has 8 nitrogen and oxygen atoms in total. The van der Waals surface area contributed by atoms with E-state index >= 15 is 0 Å². The van der Waals surface area contributed by atoms with Crippen LogP contribution in [0.3, 0.4) is 0 Å². The minimum absolute atomic E-state index is 0.0695. The topological polar surface area (TPSA) is 80.3 Å². The number of likely N-dealkylation sites (tertiary alicyclic amines) is 1. The van der Waals surface area contributed by atoms with Gasteiger partial charge in [-0.1, -0.05) is 11.6 Å². The van der Waals surface area contributed by atoms with Crippen LogP contribution in [0.15, 0.2) is 35.3 Å². The molecule has 0 bridgehead atoms. The molecule has 5 rings (SSSR count). The van der Waals surface area contributed by atoms with Crippen LogP contribution < -0.4 is 0 Å². The highest BCUT2D eigenvalue weighted by molar-refractivity contribution is 6.33. The highest BCUT2D eigenvalue weighted by Crippen LogP contribution is 2.37. The number of imidazole rings is 1. The van der Waals surface area contributed by atoms with Gasteiger partial charge in [0.1, 0.15) is 11.8 Å². The number of ether oxygens (including phenoxy) is 1. The van der Waals surface area contributed by atoms with Crippen LogP contribution in [0.4, 0.5) is 18.0 Å². The van der Waals surface area contributed by atoms with Gasteiger partial charge in [0.25, 0.3) is 5.91 Å². The molecule has 0 saturated carbocycles. The molecule has 3 aromatic heterocycles. The van der Waals surface area contributed by atoms with Crippen molar-refractivity contribution in [2.45, 2.75) is 38.0 Å². The minimum atomic E-state index is -4.72. The first kappa shape index (κ1) is 22.6. The number of hydrogen-bond donors (Lipinski definition) is 0. The maximum absolute atomic E-state index is 13.9. The Bertz CT molecular complexity index is 1260. The van der Waals surface area contributed by atoms with Gasteiger partial charge in [0.2, 0.25) is 0 Å². The van der Waals surface area contributed by atoms with E-state index in [1.54, 1.807) is 4.90 Å². The smallest absolute Gasteiger partial charge is 0.420 e. The van der Waals surface area contributed by atoms with E-state index in [1.165, 1.54) is 29.7 Å². The van der Waals surface area contributed by atoms with Gasteiger partial charge in [-0.2, -0.15) is 13.2 Å². The summed E-state index contributed by atoms with van der Waals surface area (Å²) < 4.78 is 52.7. The van der Waals surface area contributed by atoms with Crippen LogP contribution in [0.2, 0.25) is 5.15 Å². The van der Waals surface area contributed by atoms with Crippen molar-refractivity contribution in [3.8, 4) is 11.1 Å². The fourth-order valence-electron chi connectivity index (χ4n) is 4.65. The summed E-state index contributed by atoms with van der Waals surface area (Å²) in [4.78, 5) is 32.4. The van der Waals surface area contributed by atoms with Crippen molar-refractivity contribution in [3.05, 3.63) is 47.3 Å². The Morgan fingerprint density at radius 1 is 1.26 bits per heavy atom. The second-order valence-corrected chi connectivity index (χ2v) is 8.79. The number of amides is 2. The van der Waals surface area contributed by atoms with Gasteiger partial charge < -0.3 is 19.0 Å². The summed E-state index contributed by atoms with van der Waals surface area (Å²) in [7, 11) is 0. The largest absolute Gasteiger partial charge is 0.472 e. The van der Waals surface area contributed by atoms with Gasteiger partial charge in [-0.3, -0.25) is 9.20 Å². The van der Waals surface area contributed by atoms with Crippen molar-refractivity contribution >= 4 is 29.2 Å². The number of carbonyl (C=O) groups is 2. The number of pyridine rings is 1. The third-order valence-electron chi connectivity index (χ3n) is 6.37. The first-order valence-electron chi connectivity index (χ1n) is 10.7. The van der Waals surface area contributed by atoms with Gasteiger partial charge >= 0.3 is 12.3 Å². The van der Waals surface area contributed by atoms with Crippen LogP contribution >= 0.6 is 11.6 Å². The average Bonchev–Trinajstić information content (AvgIpc) is 3.53. The molecule has 2 fully saturated rings. The molecule has 0 unspecified atom stereocenters. The lowest BCUT2D eigenvalue weighted by Crippen LogP contribution is -2.51. The predicted molar refractivity (Wildman–Crippen MR) is 114 cm³/mol. The number of piperidine rings is 1. The maximum atomic E-state index is 13.9. The van der Waals surface area contributed by atoms with Crippen LogP contribution in [-0.4, -0.2) is 63.0 Å². The molecular weight excluding hydrogens is 477 g/mol. The van der Waals surface area contributed by atoms with E-state index in [1.807, 2.05) is 6.92 Å². The normalized spacial score (nSPS) is 21.4. The molecule has 5 heterocycles. The molecule has 12 heteroatoms. The lowest BCUT2D eigenvalue weighted by Gasteiger charge is -2.40. The Morgan fingerprint density at radius 3 is 2.68 bits per heavy atom. The summed E-state index contributed by atoms with van der Waals surface area (Å²) in [6.07, 6.45) is 0.0270. The number of cyclic esters (lactones) is 1. The zero-order valence-electron chi connectivity index (χ0n) is 18.0. The van der Waals surface area contributed by atoms with Crippen molar-refractivity contribution in [1.82, 2.24) is 19.2 Å². The predicted octanol–water partition coefficient (Wildman–Crippen LogP) is 4.71. The number of rotatable bonds is 3. The standard InChI is InChI=1S/C22H20ClF3N4O4/c1-12-8-15(29-5-7-34-21(29)32)2-4-28(12)20(31)17-18(23)30-10-14(13-3-6-33-11-13)9-16(19(30)27-17)22(24,25)26/h3,6,9-12,15H,2,4-5,7-8H2,1H3/t12-,15+/m1/s1. The van der Waals surface area contributed by atoms with Crippen molar-refractivity contribution in [3.63, 3.8) is 0 Å². The summed E-state index contributed by atoms with van der Waals surface area (Å²) in [6.45, 7) is 2.98. The van der Waals surface area contributed by atoms with Crippen molar-refractivity contribution in [2.24, 2.45) is 0 Å². The van der Waals surface area contributed by atoms with Crippen molar-refractivity contribution in [1.29, 1.82) is 0 Å². The Kier molecular flexibility index (Phi) is 5.46. The first-order chi connectivity index (χ1) is 16.1. The van der Waals surface area contributed by atoms with E-state index in [9.17, 15) is 22.8 Å². The van der Waals surface area contributed by atoms with E-state index < -0.39 is 23.3 Å². The molecule has 0 aliphatic carbocycles. The van der Waals surface area contributed by atoms with Gasteiger partial charge in [0.15, 0.2) is 11.3 Å². The highest BCUT2D eigenvalue weighted by Gasteiger charge is 2.39. The van der Waals surface area contributed by atoms with E-state index in [2.05, 4.69) is 4.98 Å². The number of nitrogens with zero attached hydrogens (tertiary/aromatic N) is 4. The van der Waals surface area contributed by atoms with Crippen LogP contribution in [0.5, 0.6) is 0 Å². The molecule has 2 aliphatic heterocycles. The fraction of sp³-hybridized carbons (Fsp3) is 0.409. The summed E-state index contributed by atoms with van der Waals surface area (Å²) in [5.74, 6) is -0.554. The van der Waals surface area contributed by atoms with Crippen molar-refractivity contribution < 1.29 is 31.9 Å². The monoisotopic (exact) mass is 496 g/mol. The fourth-order valence-corrected chi connectivity index (χ4v) is 4.91. The molecule has 0 radical (unpaired) electrons. The third-order valence-corrected chi connectivity index (χ3v) is 6.73. The molecule has 0 aromatic carbocycles. The molecule has 2 atom stereocenters. The molecule has 2 aliphatic rings. The van der Waals surface area contributed by atoms with Crippen LogP contribution in [0.1, 0.15) is 35.8 Å². The average molecular weight is 497 g/mol. The Morgan fingerprint density at radius 2 is 2.06 bits per heavy atom. The van der Waals surface area contributed by atoms with Crippen LogP contribution in [0.25, 0.3) is 16.8 Å². The zero-order chi connectivity index (χ0) is 24.2. The third kappa shape index (κ3) is 3.77. The summed E-state index contributed by atoms with van der Waals surface area (Å²) >= 11 is 6.42. The lowest BCUT2D eigenvalue weighted by atomic mass is 9.96. The van der Waals surface area contributed by atoms with Gasteiger partial charge in [0.05, 0.1) is 24.6 Å². The van der Waals surface area contributed by atoms with E-state index in [0.717, 1.165) is 10.5 Å². The first-order valence-corrected chi connectivity index (χ1v) is 11.1. The maximum Gasteiger partial charge on any atom is 0.420 e. The Hall–Kier alpha value is -3.21. The van der Waals surface area contributed by atoms with E-state index in [0.29, 0.717) is 38.1 Å². The highest BCUT2D eigenvalue weighted by atomic mass is 35.5. The molecule has 0 N–H and O–H groups in total. The number of furan rings is 1. The molecular formula is C22H20ClF3N4O4. The summed E-state index contributed by atoms with van der Waals surface area (Å²) in [6, 6.07) is 2.14. The SMILES string of the molecule is C[C@@H]1C[C@@H](N2CCOC2=O)CCN1C(=O)c1nc2c(C(F)(F)F)cc(-c3ccoc3)cn2c1Cl. The number of hydrogen-bond acceptors (Lipinski definition) is 5. The zero-order valence-corrected chi connectivity index (χ0v) is 18.8. The number of fused-ring (bicyclic) bond motifs is 1. The molecule has 0 spiro atoms. The van der Waals surface area contributed by atoms with Gasteiger partial charge in [-0.25, -0.2) is 9.78 Å². The molecule has 3 aromatic rings. The van der Waals surface area contributed by atoms with E-state index in [4.69, 9.17) is 20.8 Å². The summed E-state index contributed by atoms with van der Waals surface area (Å²) in [5.41, 5.74) is -1.05. The Balaban J connectivity index is 1.48. The second kappa shape index (κ2) is 8.23. The molecule has 2 amide bonds. The van der Waals surface area contributed by atoms with Crippen molar-refractivity contribution in [2.75, 3.05) is 19.7 Å². The second-order valence-electron chi connectivity index (χ2n) is 8.43. The number of halogens is 4. The van der Waals surface area contributed by atoms with Gasteiger partial charge in [-0.05, 0) is 31.9 Å².